The first-order valence-electron chi connectivity index (χ1n) is 5.61. The molecular formula is C15H18. The minimum Gasteiger partial charge on any atom is -0.0724 e. The molecule has 0 atom stereocenters. The summed E-state index contributed by atoms with van der Waals surface area (Å²) < 4.78 is 0. The monoisotopic (exact) mass is 198 g/mol. The molecule has 78 valence electrons. The zero-order valence-electron chi connectivity index (χ0n) is 9.80. The van der Waals surface area contributed by atoms with Crippen molar-refractivity contribution in [2.24, 2.45) is 0 Å². The molecule has 0 saturated carbocycles. The van der Waals surface area contributed by atoms with Gasteiger partial charge in [0.2, 0.25) is 0 Å². The molecule has 0 radical (unpaired) electrons. The summed E-state index contributed by atoms with van der Waals surface area (Å²) in [5.41, 5.74) is 7.23. The van der Waals surface area contributed by atoms with E-state index in [0.717, 1.165) is 0 Å². The first-order valence-corrected chi connectivity index (χ1v) is 5.61. The van der Waals surface area contributed by atoms with E-state index in [0.29, 0.717) is 0 Å². The zero-order chi connectivity index (χ0) is 10.8. The Morgan fingerprint density at radius 1 is 0.933 bits per heavy atom. The molecule has 0 nitrogen and oxygen atoms in total. The van der Waals surface area contributed by atoms with Gasteiger partial charge in [-0.2, -0.15) is 0 Å². The van der Waals surface area contributed by atoms with Gasteiger partial charge in [0.1, 0.15) is 0 Å². The van der Waals surface area contributed by atoms with Crippen LogP contribution >= 0.6 is 0 Å². The molecular weight excluding hydrogens is 180 g/mol. The Hall–Kier alpha value is -1.30. The number of hydrogen-bond acceptors (Lipinski definition) is 0. The Morgan fingerprint density at radius 2 is 1.67 bits per heavy atom. The van der Waals surface area contributed by atoms with Crippen molar-refractivity contribution >= 4 is 5.57 Å². The molecule has 0 aromatic heterocycles. The van der Waals surface area contributed by atoms with E-state index in [-0.39, 0.29) is 0 Å². The molecule has 1 aliphatic carbocycles. The van der Waals surface area contributed by atoms with Crippen LogP contribution in [0.5, 0.6) is 0 Å². The quantitative estimate of drug-likeness (QED) is 0.623. The molecule has 0 spiro atoms. The van der Waals surface area contributed by atoms with Crippen molar-refractivity contribution in [3.63, 3.8) is 0 Å². The minimum absolute atomic E-state index is 1.21. The fraction of sp³-hybridized carbons (Fsp3) is 0.333. The molecule has 2 rings (SSSR count). The topological polar surface area (TPSA) is 0 Å². The lowest BCUT2D eigenvalue weighted by Crippen LogP contribution is -1.96. The van der Waals surface area contributed by atoms with Gasteiger partial charge in [0.15, 0.2) is 0 Å². The lowest BCUT2D eigenvalue weighted by atomic mass is 9.88. The number of allylic oxidation sites excluding steroid dienone is 4. The summed E-state index contributed by atoms with van der Waals surface area (Å²) in [6.07, 6.45) is 4.79. The maximum Gasteiger partial charge on any atom is -0.0155 e. The second-order valence-corrected chi connectivity index (χ2v) is 4.50. The zero-order valence-corrected chi connectivity index (χ0v) is 9.80. The molecule has 0 heterocycles. The maximum absolute atomic E-state index is 2.35. The van der Waals surface area contributed by atoms with Gasteiger partial charge in [-0.25, -0.2) is 0 Å². The standard InChI is InChI=1S/C15H18/c1-11-8-9-13(3)15(10-11)14-7-5-4-6-12(14)2/h4-7,10H,8-9H2,1-3H3. The van der Waals surface area contributed by atoms with Gasteiger partial charge in [-0.3, -0.25) is 0 Å². The fourth-order valence-electron chi connectivity index (χ4n) is 2.14. The molecule has 0 heteroatoms. The number of aryl methyl sites for hydroxylation is 1. The highest BCUT2D eigenvalue weighted by atomic mass is 14.2. The molecule has 0 unspecified atom stereocenters. The van der Waals surface area contributed by atoms with E-state index in [4.69, 9.17) is 0 Å². The highest BCUT2D eigenvalue weighted by Gasteiger charge is 2.10. The average Bonchev–Trinajstić information content (AvgIpc) is 2.23. The number of benzene rings is 1. The van der Waals surface area contributed by atoms with E-state index in [9.17, 15) is 0 Å². The second kappa shape index (κ2) is 4.06. The van der Waals surface area contributed by atoms with Crippen LogP contribution in [0, 0.1) is 6.92 Å². The summed E-state index contributed by atoms with van der Waals surface area (Å²) in [6, 6.07) is 8.64. The SMILES string of the molecule is CC1=CC(c2ccccc2C)=C(C)CC1. The summed E-state index contributed by atoms with van der Waals surface area (Å²) in [7, 11) is 0. The number of hydrogen-bond donors (Lipinski definition) is 0. The van der Waals surface area contributed by atoms with E-state index < -0.39 is 0 Å². The van der Waals surface area contributed by atoms with Crippen LogP contribution in [0.3, 0.4) is 0 Å². The minimum atomic E-state index is 1.21. The molecule has 0 amide bonds. The summed E-state index contributed by atoms with van der Waals surface area (Å²) in [5.74, 6) is 0. The Kier molecular flexibility index (Phi) is 2.77. The molecule has 0 N–H and O–H groups in total. The van der Waals surface area contributed by atoms with Crippen molar-refractivity contribution in [1.82, 2.24) is 0 Å². The molecule has 0 aliphatic heterocycles. The van der Waals surface area contributed by atoms with Crippen LogP contribution in [-0.2, 0) is 0 Å². The van der Waals surface area contributed by atoms with Crippen LogP contribution in [0.4, 0.5) is 0 Å². The van der Waals surface area contributed by atoms with Crippen LogP contribution in [0.15, 0.2) is 41.5 Å². The number of rotatable bonds is 1. The third-order valence-electron chi connectivity index (χ3n) is 3.18. The first kappa shape index (κ1) is 10.2. The van der Waals surface area contributed by atoms with E-state index in [2.05, 4.69) is 51.1 Å². The lowest BCUT2D eigenvalue weighted by Gasteiger charge is -2.17. The van der Waals surface area contributed by atoms with E-state index in [1.54, 1.807) is 0 Å². The third kappa shape index (κ3) is 2.04. The van der Waals surface area contributed by atoms with Crippen molar-refractivity contribution in [1.29, 1.82) is 0 Å². The molecule has 15 heavy (non-hydrogen) atoms. The van der Waals surface area contributed by atoms with Crippen molar-refractivity contribution in [2.45, 2.75) is 33.6 Å². The Bertz CT molecular complexity index is 433. The smallest absolute Gasteiger partial charge is 0.0155 e. The second-order valence-electron chi connectivity index (χ2n) is 4.50. The molecule has 1 aromatic rings. The van der Waals surface area contributed by atoms with Crippen LogP contribution in [0.2, 0.25) is 0 Å². The van der Waals surface area contributed by atoms with Gasteiger partial charge in [0.25, 0.3) is 0 Å². The van der Waals surface area contributed by atoms with Gasteiger partial charge >= 0.3 is 0 Å². The van der Waals surface area contributed by atoms with Gasteiger partial charge < -0.3 is 0 Å². The van der Waals surface area contributed by atoms with Crippen molar-refractivity contribution in [3.8, 4) is 0 Å². The van der Waals surface area contributed by atoms with Crippen LogP contribution < -0.4 is 0 Å². The summed E-state index contributed by atoms with van der Waals surface area (Å²) in [6.45, 7) is 6.67. The summed E-state index contributed by atoms with van der Waals surface area (Å²) in [4.78, 5) is 0. The largest absolute Gasteiger partial charge is 0.0724 e. The van der Waals surface area contributed by atoms with Crippen LogP contribution in [0.1, 0.15) is 37.8 Å². The van der Waals surface area contributed by atoms with Crippen molar-refractivity contribution in [2.75, 3.05) is 0 Å². The van der Waals surface area contributed by atoms with Gasteiger partial charge in [-0.1, -0.05) is 41.5 Å². The maximum atomic E-state index is 2.35. The fourth-order valence-corrected chi connectivity index (χ4v) is 2.14. The van der Waals surface area contributed by atoms with E-state index in [1.807, 2.05) is 0 Å². The summed E-state index contributed by atoms with van der Waals surface area (Å²) in [5, 5.41) is 0. The van der Waals surface area contributed by atoms with Gasteiger partial charge in [0, 0.05) is 0 Å². The van der Waals surface area contributed by atoms with E-state index >= 15 is 0 Å². The highest BCUT2D eigenvalue weighted by molar-refractivity contribution is 5.79. The Morgan fingerprint density at radius 3 is 2.40 bits per heavy atom. The third-order valence-corrected chi connectivity index (χ3v) is 3.18. The first-order chi connectivity index (χ1) is 7.18. The lowest BCUT2D eigenvalue weighted by molar-refractivity contribution is 0.911. The van der Waals surface area contributed by atoms with Crippen LogP contribution in [-0.4, -0.2) is 0 Å². The molecule has 0 bridgehead atoms. The van der Waals surface area contributed by atoms with Gasteiger partial charge in [0.05, 0.1) is 0 Å². The average molecular weight is 198 g/mol. The van der Waals surface area contributed by atoms with Gasteiger partial charge in [-0.05, 0) is 50.3 Å². The molecule has 0 fully saturated rings. The van der Waals surface area contributed by atoms with Crippen LogP contribution in [0.25, 0.3) is 5.57 Å². The van der Waals surface area contributed by atoms with E-state index in [1.165, 1.54) is 40.7 Å². The Balaban J connectivity index is 2.51. The Labute approximate surface area is 92.3 Å². The highest BCUT2D eigenvalue weighted by Crippen LogP contribution is 2.31. The molecule has 1 aliphatic rings. The summed E-state index contributed by atoms with van der Waals surface area (Å²) >= 11 is 0. The van der Waals surface area contributed by atoms with Crippen molar-refractivity contribution < 1.29 is 0 Å². The molecule has 0 saturated heterocycles. The van der Waals surface area contributed by atoms with Gasteiger partial charge in [-0.15, -0.1) is 0 Å². The molecule has 1 aromatic carbocycles. The predicted molar refractivity (Wildman–Crippen MR) is 66.8 cm³/mol. The predicted octanol–water partition coefficient (Wildman–Crippen LogP) is 4.51. The van der Waals surface area contributed by atoms with Crippen molar-refractivity contribution in [3.05, 3.63) is 52.6 Å². The normalized spacial score (nSPS) is 16.6.